The Balaban J connectivity index is 1.48. The molecule has 0 aliphatic carbocycles. The van der Waals surface area contributed by atoms with E-state index in [0.29, 0.717) is 29.9 Å². The molecule has 2 aromatic carbocycles. The van der Waals surface area contributed by atoms with Gasteiger partial charge in [0.05, 0.1) is 17.4 Å². The normalized spacial score (nSPS) is 15.5. The van der Waals surface area contributed by atoms with Gasteiger partial charge in [-0.15, -0.1) is 10.2 Å². The summed E-state index contributed by atoms with van der Waals surface area (Å²) in [5.41, 5.74) is 3.42. The highest BCUT2D eigenvalue weighted by Crippen LogP contribution is 2.36. The Kier molecular flexibility index (Phi) is 4.99. The summed E-state index contributed by atoms with van der Waals surface area (Å²) in [6.45, 7) is 2.26. The summed E-state index contributed by atoms with van der Waals surface area (Å²) in [5.74, 6) is -4.18. The highest BCUT2D eigenvalue weighted by atomic mass is 19.2. The van der Waals surface area contributed by atoms with E-state index in [-0.39, 0.29) is 17.5 Å². The van der Waals surface area contributed by atoms with Crippen LogP contribution < -0.4 is 0 Å². The molecule has 5 rings (SSSR count). The van der Waals surface area contributed by atoms with E-state index in [0.717, 1.165) is 23.4 Å². The van der Waals surface area contributed by atoms with Crippen molar-refractivity contribution in [3.8, 4) is 16.9 Å². The zero-order valence-electron chi connectivity index (χ0n) is 17.8. The second kappa shape index (κ2) is 7.88. The van der Waals surface area contributed by atoms with Crippen molar-refractivity contribution in [2.45, 2.75) is 19.4 Å². The van der Waals surface area contributed by atoms with Crippen LogP contribution in [0.2, 0.25) is 0 Å². The minimum Gasteiger partial charge on any atom is -0.330 e. The van der Waals surface area contributed by atoms with Crippen molar-refractivity contribution in [3.63, 3.8) is 0 Å². The summed E-state index contributed by atoms with van der Waals surface area (Å²) < 4.78 is 44.4. The monoisotopic (exact) mass is 452 g/mol. The van der Waals surface area contributed by atoms with Gasteiger partial charge in [-0.1, -0.05) is 6.07 Å². The van der Waals surface area contributed by atoms with Gasteiger partial charge >= 0.3 is 0 Å². The highest BCUT2D eigenvalue weighted by Gasteiger charge is 2.33. The largest absolute Gasteiger partial charge is 0.330 e. The van der Waals surface area contributed by atoms with E-state index in [1.165, 1.54) is 4.68 Å². The summed E-state index contributed by atoms with van der Waals surface area (Å²) in [4.78, 5) is 15.1. The first kappa shape index (κ1) is 20.9. The van der Waals surface area contributed by atoms with Crippen LogP contribution in [0.25, 0.3) is 16.9 Å². The van der Waals surface area contributed by atoms with Crippen LogP contribution in [0.3, 0.4) is 0 Å². The van der Waals surface area contributed by atoms with E-state index in [1.54, 1.807) is 47.4 Å². The van der Waals surface area contributed by atoms with E-state index in [1.807, 2.05) is 13.0 Å². The Morgan fingerprint density at radius 2 is 1.76 bits per heavy atom. The molecular formula is C23H19F3N6O. The number of hydrogen-bond donors (Lipinski definition) is 0. The van der Waals surface area contributed by atoms with Crippen LogP contribution in [0, 0.1) is 17.5 Å². The van der Waals surface area contributed by atoms with Gasteiger partial charge in [-0.3, -0.25) is 14.0 Å². The lowest BCUT2D eigenvalue weighted by Gasteiger charge is -2.33. The SMILES string of the molecule is C[C@H]1c2nn(C)c(-c3cc(F)c(F)c(F)c3)c2CCN1C(=O)c1cccc(-n2cnnc2)c1. The third-order valence-electron chi connectivity index (χ3n) is 5.97. The number of aryl methyl sites for hydroxylation is 1. The van der Waals surface area contributed by atoms with E-state index in [2.05, 4.69) is 15.3 Å². The number of carbonyl (C=O) groups excluding carboxylic acids is 1. The molecule has 7 nitrogen and oxygen atoms in total. The van der Waals surface area contributed by atoms with Crippen molar-refractivity contribution >= 4 is 5.91 Å². The first-order chi connectivity index (χ1) is 15.8. The molecule has 1 aliphatic rings. The molecule has 0 bridgehead atoms. The molecule has 0 spiro atoms. The summed E-state index contributed by atoms with van der Waals surface area (Å²) in [6.07, 6.45) is 3.55. The Morgan fingerprint density at radius 3 is 2.45 bits per heavy atom. The van der Waals surface area contributed by atoms with Crippen LogP contribution in [0.5, 0.6) is 0 Å². The van der Waals surface area contributed by atoms with E-state index in [9.17, 15) is 18.0 Å². The van der Waals surface area contributed by atoms with Crippen molar-refractivity contribution in [1.29, 1.82) is 0 Å². The van der Waals surface area contributed by atoms with Crippen LogP contribution in [0.1, 0.15) is 34.6 Å². The minimum atomic E-state index is -1.51. The van der Waals surface area contributed by atoms with Gasteiger partial charge in [0.1, 0.15) is 12.7 Å². The molecule has 0 N–H and O–H groups in total. The van der Waals surface area contributed by atoms with Crippen LogP contribution in [0.15, 0.2) is 49.1 Å². The molecule has 0 unspecified atom stereocenters. The van der Waals surface area contributed by atoms with Gasteiger partial charge in [0.15, 0.2) is 17.5 Å². The van der Waals surface area contributed by atoms with Gasteiger partial charge in [0.2, 0.25) is 0 Å². The van der Waals surface area contributed by atoms with E-state index < -0.39 is 17.5 Å². The Morgan fingerprint density at radius 1 is 1.06 bits per heavy atom. The molecule has 4 aromatic rings. The molecule has 3 heterocycles. The Bertz CT molecular complexity index is 1340. The average molecular weight is 452 g/mol. The third kappa shape index (κ3) is 3.47. The van der Waals surface area contributed by atoms with Crippen molar-refractivity contribution in [3.05, 3.63) is 83.3 Å². The average Bonchev–Trinajstić information content (AvgIpc) is 3.45. The molecule has 1 amide bonds. The van der Waals surface area contributed by atoms with Crippen LogP contribution in [-0.2, 0) is 13.5 Å². The fraction of sp³-hybridized carbons (Fsp3) is 0.217. The fourth-order valence-corrected chi connectivity index (χ4v) is 4.37. The molecular weight excluding hydrogens is 433 g/mol. The second-order valence-corrected chi connectivity index (χ2v) is 7.93. The molecule has 0 radical (unpaired) electrons. The standard InChI is InChI=1S/C23H19F3N6O/c1-13-21-17(22(30(2)29-21)15-9-18(24)20(26)19(25)10-15)6-7-32(13)23(33)14-4-3-5-16(8-14)31-11-27-28-12-31/h3-5,8-13H,6-7H2,1-2H3/t13-/m0/s1. The molecule has 2 aromatic heterocycles. The molecule has 168 valence electrons. The third-order valence-corrected chi connectivity index (χ3v) is 5.97. The lowest BCUT2D eigenvalue weighted by Crippen LogP contribution is -2.39. The topological polar surface area (TPSA) is 68.8 Å². The number of fused-ring (bicyclic) bond motifs is 1. The van der Waals surface area contributed by atoms with E-state index >= 15 is 0 Å². The maximum atomic E-state index is 13.9. The maximum Gasteiger partial charge on any atom is 0.254 e. The van der Waals surface area contributed by atoms with Gasteiger partial charge in [0, 0.05) is 36.0 Å². The summed E-state index contributed by atoms with van der Waals surface area (Å²) in [6, 6.07) is 8.72. The summed E-state index contributed by atoms with van der Waals surface area (Å²) in [7, 11) is 1.66. The number of benzene rings is 2. The number of amides is 1. The molecule has 33 heavy (non-hydrogen) atoms. The molecule has 0 fully saturated rings. The number of rotatable bonds is 3. The highest BCUT2D eigenvalue weighted by molar-refractivity contribution is 5.95. The molecule has 1 atom stereocenters. The van der Waals surface area contributed by atoms with E-state index in [4.69, 9.17) is 0 Å². The Labute approximate surface area is 187 Å². The minimum absolute atomic E-state index is 0.158. The van der Waals surface area contributed by atoms with Crippen molar-refractivity contribution in [1.82, 2.24) is 29.4 Å². The number of hydrogen-bond acceptors (Lipinski definition) is 4. The molecule has 0 saturated heterocycles. The van der Waals surface area contributed by atoms with Gasteiger partial charge in [-0.05, 0) is 43.7 Å². The first-order valence-electron chi connectivity index (χ1n) is 10.3. The van der Waals surface area contributed by atoms with Crippen LogP contribution in [-0.4, -0.2) is 41.9 Å². The zero-order chi connectivity index (χ0) is 23.3. The summed E-state index contributed by atoms with van der Waals surface area (Å²) in [5, 5.41) is 12.1. The number of nitrogens with zero attached hydrogens (tertiary/aromatic N) is 6. The molecule has 10 heteroatoms. The molecule has 1 aliphatic heterocycles. The van der Waals surface area contributed by atoms with Gasteiger partial charge in [-0.2, -0.15) is 5.10 Å². The lowest BCUT2D eigenvalue weighted by atomic mass is 9.95. The van der Waals surface area contributed by atoms with Crippen LogP contribution >= 0.6 is 0 Å². The van der Waals surface area contributed by atoms with Crippen molar-refractivity contribution in [2.75, 3.05) is 6.54 Å². The smallest absolute Gasteiger partial charge is 0.254 e. The molecule has 0 saturated carbocycles. The first-order valence-corrected chi connectivity index (χ1v) is 10.3. The second-order valence-electron chi connectivity index (χ2n) is 7.93. The predicted octanol–water partition coefficient (Wildman–Crippen LogP) is 3.84. The van der Waals surface area contributed by atoms with Gasteiger partial charge < -0.3 is 4.90 Å². The van der Waals surface area contributed by atoms with Crippen molar-refractivity contribution in [2.24, 2.45) is 7.05 Å². The van der Waals surface area contributed by atoms with Gasteiger partial charge in [-0.25, -0.2) is 13.2 Å². The van der Waals surface area contributed by atoms with Gasteiger partial charge in [0.25, 0.3) is 5.91 Å². The predicted molar refractivity (Wildman–Crippen MR) is 113 cm³/mol. The zero-order valence-corrected chi connectivity index (χ0v) is 17.8. The van der Waals surface area contributed by atoms with Crippen LogP contribution in [0.4, 0.5) is 13.2 Å². The summed E-state index contributed by atoms with van der Waals surface area (Å²) >= 11 is 0. The number of carbonyl (C=O) groups is 1. The quantitative estimate of drug-likeness (QED) is 0.443. The number of halogens is 3. The Hall–Kier alpha value is -3.95. The lowest BCUT2D eigenvalue weighted by molar-refractivity contribution is 0.0673. The maximum absolute atomic E-state index is 13.9. The fourth-order valence-electron chi connectivity index (χ4n) is 4.37. The van der Waals surface area contributed by atoms with Crippen molar-refractivity contribution < 1.29 is 18.0 Å². The number of aromatic nitrogens is 5.